The van der Waals surface area contributed by atoms with Gasteiger partial charge in [0.05, 0.1) is 18.6 Å². The van der Waals surface area contributed by atoms with Crippen molar-refractivity contribution >= 4 is 5.97 Å². The summed E-state index contributed by atoms with van der Waals surface area (Å²) in [6, 6.07) is 0. The van der Waals surface area contributed by atoms with Crippen LogP contribution < -0.4 is 0 Å². The highest BCUT2D eigenvalue weighted by Gasteiger charge is 2.20. The van der Waals surface area contributed by atoms with Gasteiger partial charge in [0.15, 0.2) is 0 Å². The minimum absolute atomic E-state index is 0.352. The second-order valence-electron chi connectivity index (χ2n) is 3.28. The van der Waals surface area contributed by atoms with Gasteiger partial charge in [0, 0.05) is 0 Å². The van der Waals surface area contributed by atoms with Crippen LogP contribution in [0.25, 0.3) is 0 Å². The van der Waals surface area contributed by atoms with Crippen molar-refractivity contribution < 1.29 is 14.6 Å². The summed E-state index contributed by atoms with van der Waals surface area (Å²) in [5, 5.41) is 9.51. The molecule has 3 heteroatoms. The number of carbonyl (C=O) groups is 1. The number of hydrogen-bond acceptors (Lipinski definition) is 3. The molecule has 0 aliphatic rings. The standard InChI is InChI=1S/C10H18O3/c1-5-13-10(12)8(4)9(11)6-7(2)3/h6,8-9,11H,5H2,1-4H3. The van der Waals surface area contributed by atoms with Crippen molar-refractivity contribution in [3.05, 3.63) is 11.6 Å². The van der Waals surface area contributed by atoms with Gasteiger partial charge in [-0.05, 0) is 27.7 Å². The summed E-state index contributed by atoms with van der Waals surface area (Å²) in [5.74, 6) is -0.845. The SMILES string of the molecule is CCOC(=O)C(C)C(O)C=C(C)C. The number of ether oxygens (including phenoxy) is 1. The molecule has 0 aromatic carbocycles. The average molecular weight is 186 g/mol. The first kappa shape index (κ1) is 12.2. The predicted molar refractivity (Wildman–Crippen MR) is 51.2 cm³/mol. The number of rotatable bonds is 4. The lowest BCUT2D eigenvalue weighted by Gasteiger charge is -2.14. The molecule has 0 rings (SSSR count). The van der Waals surface area contributed by atoms with Crippen LogP contribution in [0.15, 0.2) is 11.6 Å². The van der Waals surface area contributed by atoms with Crippen LogP contribution >= 0.6 is 0 Å². The van der Waals surface area contributed by atoms with Gasteiger partial charge < -0.3 is 9.84 Å². The minimum Gasteiger partial charge on any atom is -0.466 e. The molecule has 0 aromatic rings. The van der Waals surface area contributed by atoms with Crippen LogP contribution in [0.2, 0.25) is 0 Å². The molecule has 0 fully saturated rings. The molecule has 13 heavy (non-hydrogen) atoms. The summed E-state index contributed by atoms with van der Waals surface area (Å²) in [7, 11) is 0. The van der Waals surface area contributed by atoms with E-state index >= 15 is 0 Å². The molecule has 2 atom stereocenters. The smallest absolute Gasteiger partial charge is 0.311 e. The second-order valence-corrected chi connectivity index (χ2v) is 3.28. The van der Waals surface area contributed by atoms with Crippen LogP contribution in [-0.4, -0.2) is 23.8 Å². The normalized spacial score (nSPS) is 14.5. The summed E-state index contributed by atoms with van der Waals surface area (Å²) in [6.07, 6.45) is 0.908. The zero-order valence-corrected chi connectivity index (χ0v) is 8.70. The van der Waals surface area contributed by atoms with Crippen LogP contribution in [0.5, 0.6) is 0 Å². The van der Waals surface area contributed by atoms with Gasteiger partial charge in [-0.1, -0.05) is 11.6 Å². The molecule has 1 N–H and O–H groups in total. The molecule has 0 saturated carbocycles. The van der Waals surface area contributed by atoms with Crippen molar-refractivity contribution in [2.75, 3.05) is 6.61 Å². The number of aliphatic hydroxyl groups excluding tert-OH is 1. The number of allylic oxidation sites excluding steroid dienone is 1. The fourth-order valence-corrected chi connectivity index (χ4v) is 0.899. The molecule has 3 nitrogen and oxygen atoms in total. The summed E-state index contributed by atoms with van der Waals surface area (Å²) < 4.78 is 4.78. The van der Waals surface area contributed by atoms with Crippen molar-refractivity contribution in [2.24, 2.45) is 5.92 Å². The quantitative estimate of drug-likeness (QED) is 0.534. The van der Waals surface area contributed by atoms with Crippen LogP contribution in [-0.2, 0) is 9.53 Å². The lowest BCUT2D eigenvalue weighted by atomic mass is 10.0. The Kier molecular flexibility index (Phi) is 5.39. The fraction of sp³-hybridized carbons (Fsp3) is 0.700. The average Bonchev–Trinajstić information content (AvgIpc) is 2.02. The first-order chi connectivity index (χ1) is 5.99. The molecule has 0 radical (unpaired) electrons. The maximum absolute atomic E-state index is 11.2. The zero-order chi connectivity index (χ0) is 10.4. The third-order valence-corrected chi connectivity index (χ3v) is 1.67. The van der Waals surface area contributed by atoms with E-state index in [1.54, 1.807) is 19.9 Å². The van der Waals surface area contributed by atoms with Crippen molar-refractivity contribution in [3.63, 3.8) is 0 Å². The van der Waals surface area contributed by atoms with Crippen LogP contribution in [0.1, 0.15) is 27.7 Å². The lowest BCUT2D eigenvalue weighted by molar-refractivity contribution is -0.150. The van der Waals surface area contributed by atoms with Crippen molar-refractivity contribution in [3.8, 4) is 0 Å². The summed E-state index contributed by atoms with van der Waals surface area (Å²) in [4.78, 5) is 11.2. The highest BCUT2D eigenvalue weighted by Crippen LogP contribution is 2.08. The van der Waals surface area contributed by atoms with Crippen molar-refractivity contribution in [2.45, 2.75) is 33.8 Å². The van der Waals surface area contributed by atoms with Gasteiger partial charge in [-0.2, -0.15) is 0 Å². The van der Waals surface area contributed by atoms with Gasteiger partial charge >= 0.3 is 5.97 Å². The molecule has 76 valence electrons. The Bertz CT molecular complexity index is 192. The monoisotopic (exact) mass is 186 g/mol. The largest absolute Gasteiger partial charge is 0.466 e. The molecular weight excluding hydrogens is 168 g/mol. The summed E-state index contributed by atoms with van der Waals surface area (Å²) in [5.41, 5.74) is 0.989. The Morgan fingerprint density at radius 1 is 1.54 bits per heavy atom. The Morgan fingerprint density at radius 2 is 2.08 bits per heavy atom. The van der Waals surface area contributed by atoms with E-state index in [1.807, 2.05) is 13.8 Å². The molecular formula is C10H18O3. The molecule has 0 aromatic heterocycles. The predicted octanol–water partition coefficient (Wildman–Crippen LogP) is 1.51. The first-order valence-electron chi connectivity index (χ1n) is 4.48. The van der Waals surface area contributed by atoms with Gasteiger partial charge in [0.25, 0.3) is 0 Å². The van der Waals surface area contributed by atoms with E-state index in [-0.39, 0.29) is 5.97 Å². The van der Waals surface area contributed by atoms with Gasteiger partial charge in [-0.3, -0.25) is 4.79 Å². The van der Waals surface area contributed by atoms with Crippen LogP contribution in [0.3, 0.4) is 0 Å². The van der Waals surface area contributed by atoms with E-state index < -0.39 is 12.0 Å². The lowest BCUT2D eigenvalue weighted by Crippen LogP contribution is -2.26. The van der Waals surface area contributed by atoms with Crippen LogP contribution in [0.4, 0.5) is 0 Å². The highest BCUT2D eigenvalue weighted by atomic mass is 16.5. The topological polar surface area (TPSA) is 46.5 Å². The maximum atomic E-state index is 11.2. The minimum atomic E-state index is -0.746. The van der Waals surface area contributed by atoms with Gasteiger partial charge in [-0.25, -0.2) is 0 Å². The van der Waals surface area contributed by atoms with Crippen LogP contribution in [0, 0.1) is 5.92 Å². The third kappa shape index (κ3) is 4.68. The number of carbonyl (C=O) groups excluding carboxylic acids is 1. The number of aliphatic hydroxyl groups is 1. The van der Waals surface area contributed by atoms with Crippen molar-refractivity contribution in [1.82, 2.24) is 0 Å². The van der Waals surface area contributed by atoms with E-state index in [2.05, 4.69) is 0 Å². The van der Waals surface area contributed by atoms with Gasteiger partial charge in [0.1, 0.15) is 0 Å². The second kappa shape index (κ2) is 5.75. The fourth-order valence-electron chi connectivity index (χ4n) is 0.899. The van der Waals surface area contributed by atoms with E-state index in [0.29, 0.717) is 6.61 Å². The Balaban J connectivity index is 4.17. The molecule has 0 aliphatic heterocycles. The molecule has 0 heterocycles. The van der Waals surface area contributed by atoms with E-state index in [0.717, 1.165) is 5.57 Å². The van der Waals surface area contributed by atoms with E-state index in [1.165, 1.54) is 0 Å². The van der Waals surface area contributed by atoms with Gasteiger partial charge in [0.2, 0.25) is 0 Å². The summed E-state index contributed by atoms with van der Waals surface area (Å²) in [6.45, 7) is 7.51. The molecule has 0 amide bonds. The zero-order valence-electron chi connectivity index (χ0n) is 8.70. The third-order valence-electron chi connectivity index (χ3n) is 1.67. The molecule has 2 unspecified atom stereocenters. The van der Waals surface area contributed by atoms with E-state index in [4.69, 9.17) is 4.74 Å². The Morgan fingerprint density at radius 3 is 2.46 bits per heavy atom. The Hall–Kier alpha value is -0.830. The molecule has 0 bridgehead atoms. The summed E-state index contributed by atoms with van der Waals surface area (Å²) >= 11 is 0. The van der Waals surface area contributed by atoms with Crippen molar-refractivity contribution in [1.29, 1.82) is 0 Å². The highest BCUT2D eigenvalue weighted by molar-refractivity contribution is 5.73. The number of esters is 1. The number of hydrogen-bond donors (Lipinski definition) is 1. The van der Waals surface area contributed by atoms with Gasteiger partial charge in [-0.15, -0.1) is 0 Å². The maximum Gasteiger partial charge on any atom is 0.311 e. The van der Waals surface area contributed by atoms with E-state index in [9.17, 15) is 9.90 Å². The first-order valence-corrected chi connectivity index (χ1v) is 4.48. The molecule has 0 spiro atoms. The molecule has 0 aliphatic carbocycles. The molecule has 0 saturated heterocycles. The Labute approximate surface area is 79.4 Å².